The van der Waals surface area contributed by atoms with Crippen LogP contribution in [0, 0.1) is 5.92 Å². The summed E-state index contributed by atoms with van der Waals surface area (Å²) in [4.78, 5) is 27.7. The maximum absolute atomic E-state index is 13.0. The van der Waals surface area contributed by atoms with Gasteiger partial charge in [0.1, 0.15) is 11.5 Å². The van der Waals surface area contributed by atoms with Crippen molar-refractivity contribution >= 4 is 11.8 Å². The smallest absolute Gasteiger partial charge is 0.289 e. The number of phenols is 2. The normalized spacial score (nSPS) is 14.3. The van der Waals surface area contributed by atoms with Crippen molar-refractivity contribution in [1.29, 1.82) is 0 Å². The van der Waals surface area contributed by atoms with Crippen LogP contribution in [0.1, 0.15) is 73.0 Å². The molecule has 9 nitrogen and oxygen atoms in total. The number of benzene rings is 2. The standard InChI is InChI=1S/C27H33N5O4/c1-5-28-26(35)25-30-29-24(21-14-20(16(2)3)22(33)15-23(21)34)32(25)19-8-6-18(7-9-19)27(36)31-12-10-17(4)11-13-31/h6-9,14-17,33-34H,5,10-13H2,1-4H3,(H,28,35). The number of piperidine rings is 1. The van der Waals surface area contributed by atoms with Gasteiger partial charge in [-0.25, -0.2) is 0 Å². The molecule has 190 valence electrons. The van der Waals surface area contributed by atoms with Crippen LogP contribution >= 0.6 is 0 Å². The van der Waals surface area contributed by atoms with Gasteiger partial charge in [-0.05, 0) is 67.5 Å². The van der Waals surface area contributed by atoms with E-state index in [0.717, 1.165) is 25.9 Å². The molecule has 1 aromatic heterocycles. The number of aromatic nitrogens is 3. The van der Waals surface area contributed by atoms with E-state index in [0.29, 0.717) is 34.8 Å². The second kappa shape index (κ2) is 10.4. The second-order valence-corrected chi connectivity index (χ2v) is 9.65. The molecule has 0 bridgehead atoms. The predicted molar refractivity (Wildman–Crippen MR) is 137 cm³/mol. The first-order chi connectivity index (χ1) is 17.2. The number of hydrogen-bond acceptors (Lipinski definition) is 6. The molecule has 1 aliphatic heterocycles. The number of carbonyl (C=O) groups is 2. The average Bonchev–Trinajstić information content (AvgIpc) is 3.29. The molecule has 0 saturated carbocycles. The van der Waals surface area contributed by atoms with Gasteiger partial charge in [0.2, 0.25) is 5.82 Å². The Labute approximate surface area is 210 Å². The summed E-state index contributed by atoms with van der Waals surface area (Å²) >= 11 is 0. The van der Waals surface area contributed by atoms with E-state index in [2.05, 4.69) is 22.4 Å². The molecule has 2 aromatic carbocycles. The van der Waals surface area contributed by atoms with Crippen molar-refractivity contribution in [2.24, 2.45) is 5.92 Å². The van der Waals surface area contributed by atoms with Crippen molar-refractivity contribution in [2.75, 3.05) is 19.6 Å². The van der Waals surface area contributed by atoms with E-state index in [1.165, 1.54) is 6.07 Å². The van der Waals surface area contributed by atoms with Crippen LogP contribution in [-0.2, 0) is 0 Å². The molecule has 1 aliphatic rings. The van der Waals surface area contributed by atoms with E-state index in [4.69, 9.17) is 0 Å². The summed E-state index contributed by atoms with van der Waals surface area (Å²) in [5.74, 6) is 0.292. The van der Waals surface area contributed by atoms with Crippen LogP contribution in [0.4, 0.5) is 0 Å². The van der Waals surface area contributed by atoms with E-state index in [9.17, 15) is 19.8 Å². The summed E-state index contributed by atoms with van der Waals surface area (Å²) in [6.45, 7) is 9.77. The van der Waals surface area contributed by atoms with E-state index < -0.39 is 5.91 Å². The van der Waals surface area contributed by atoms with Gasteiger partial charge in [0.05, 0.1) is 5.56 Å². The molecule has 1 fully saturated rings. The average molecular weight is 492 g/mol. The van der Waals surface area contributed by atoms with Gasteiger partial charge < -0.3 is 20.4 Å². The van der Waals surface area contributed by atoms with Crippen molar-refractivity contribution < 1.29 is 19.8 Å². The van der Waals surface area contributed by atoms with Crippen LogP contribution in [0.3, 0.4) is 0 Å². The van der Waals surface area contributed by atoms with Gasteiger partial charge in [-0.15, -0.1) is 10.2 Å². The molecule has 36 heavy (non-hydrogen) atoms. The van der Waals surface area contributed by atoms with Gasteiger partial charge in [-0.3, -0.25) is 14.2 Å². The molecule has 2 amide bonds. The highest BCUT2D eigenvalue weighted by Gasteiger charge is 2.25. The zero-order chi connectivity index (χ0) is 26.0. The summed E-state index contributed by atoms with van der Waals surface area (Å²) in [6.07, 6.45) is 2.00. The number of amides is 2. The van der Waals surface area contributed by atoms with E-state index in [-0.39, 0.29) is 35.0 Å². The molecule has 3 aromatic rings. The molecule has 0 atom stereocenters. The quantitative estimate of drug-likeness (QED) is 0.478. The third kappa shape index (κ3) is 4.91. The lowest BCUT2D eigenvalue weighted by Crippen LogP contribution is -2.37. The maximum Gasteiger partial charge on any atom is 0.289 e. The molecule has 9 heteroatoms. The molecular formula is C27H33N5O4. The van der Waals surface area contributed by atoms with Crippen molar-refractivity contribution in [3.8, 4) is 28.6 Å². The number of likely N-dealkylation sites (tertiary alicyclic amines) is 1. The fourth-order valence-electron chi connectivity index (χ4n) is 4.47. The highest BCUT2D eigenvalue weighted by Crippen LogP contribution is 2.38. The van der Waals surface area contributed by atoms with Crippen molar-refractivity contribution in [1.82, 2.24) is 25.0 Å². The minimum atomic E-state index is -0.416. The Hall–Kier alpha value is -3.88. The van der Waals surface area contributed by atoms with E-state index in [1.54, 1.807) is 34.9 Å². The van der Waals surface area contributed by atoms with Crippen molar-refractivity contribution in [3.05, 3.63) is 53.3 Å². The number of aromatic hydroxyl groups is 2. The number of nitrogens with one attached hydrogen (secondary N) is 1. The molecule has 0 radical (unpaired) electrons. The SMILES string of the molecule is CCNC(=O)c1nnc(-c2cc(C(C)C)c(O)cc2O)n1-c1ccc(C(=O)N2CCC(C)CC2)cc1. The van der Waals surface area contributed by atoms with Gasteiger partial charge in [-0.2, -0.15) is 0 Å². The zero-order valence-electron chi connectivity index (χ0n) is 21.2. The lowest BCUT2D eigenvalue weighted by Gasteiger charge is -2.30. The number of hydrogen-bond donors (Lipinski definition) is 3. The third-order valence-corrected chi connectivity index (χ3v) is 6.65. The Bertz CT molecular complexity index is 1260. The summed E-state index contributed by atoms with van der Waals surface area (Å²) in [5, 5.41) is 32.0. The summed E-state index contributed by atoms with van der Waals surface area (Å²) in [5.41, 5.74) is 2.10. The molecule has 0 unspecified atom stereocenters. The fourth-order valence-corrected chi connectivity index (χ4v) is 4.47. The van der Waals surface area contributed by atoms with Crippen LogP contribution in [0.25, 0.3) is 17.1 Å². The monoisotopic (exact) mass is 491 g/mol. The molecule has 1 saturated heterocycles. The topological polar surface area (TPSA) is 121 Å². The van der Waals surface area contributed by atoms with Crippen LogP contribution < -0.4 is 5.32 Å². The van der Waals surface area contributed by atoms with Crippen molar-refractivity contribution in [2.45, 2.75) is 46.5 Å². The Morgan fingerprint density at radius 2 is 1.72 bits per heavy atom. The first-order valence-electron chi connectivity index (χ1n) is 12.4. The number of nitrogens with zero attached hydrogens (tertiary/aromatic N) is 4. The van der Waals surface area contributed by atoms with Crippen molar-refractivity contribution in [3.63, 3.8) is 0 Å². The van der Waals surface area contributed by atoms with Gasteiger partial charge in [-0.1, -0.05) is 20.8 Å². The number of rotatable bonds is 6. The van der Waals surface area contributed by atoms with Crippen LogP contribution in [0.15, 0.2) is 36.4 Å². The predicted octanol–water partition coefficient (Wildman–Crippen LogP) is 4.09. The first kappa shape index (κ1) is 25.2. The fraction of sp³-hybridized carbons (Fsp3) is 0.407. The van der Waals surface area contributed by atoms with E-state index >= 15 is 0 Å². The van der Waals surface area contributed by atoms with E-state index in [1.807, 2.05) is 25.7 Å². The zero-order valence-corrected chi connectivity index (χ0v) is 21.2. The molecule has 3 N–H and O–H groups in total. The van der Waals surface area contributed by atoms with Gasteiger partial charge >= 0.3 is 0 Å². The molecule has 4 rings (SSSR count). The Morgan fingerprint density at radius 3 is 2.33 bits per heavy atom. The molecule has 0 spiro atoms. The minimum absolute atomic E-state index is 0.00773. The van der Waals surface area contributed by atoms with Gasteiger partial charge in [0.15, 0.2) is 5.82 Å². The highest BCUT2D eigenvalue weighted by atomic mass is 16.3. The molecular weight excluding hydrogens is 458 g/mol. The summed E-state index contributed by atoms with van der Waals surface area (Å²) < 4.78 is 1.55. The highest BCUT2D eigenvalue weighted by molar-refractivity contribution is 5.95. The largest absolute Gasteiger partial charge is 0.508 e. The molecule has 0 aliphatic carbocycles. The number of phenolic OH excluding ortho intramolecular Hbond substituents is 2. The van der Waals surface area contributed by atoms with Gasteiger partial charge in [0.25, 0.3) is 11.8 Å². The minimum Gasteiger partial charge on any atom is -0.508 e. The third-order valence-electron chi connectivity index (χ3n) is 6.65. The number of carbonyl (C=O) groups excluding carboxylic acids is 2. The Kier molecular flexibility index (Phi) is 7.28. The van der Waals surface area contributed by atoms with Crippen LogP contribution in [0.2, 0.25) is 0 Å². The summed E-state index contributed by atoms with van der Waals surface area (Å²) in [6, 6.07) is 9.89. The van der Waals surface area contributed by atoms with Crippen LogP contribution in [-0.4, -0.2) is 61.3 Å². The summed E-state index contributed by atoms with van der Waals surface area (Å²) in [7, 11) is 0. The van der Waals surface area contributed by atoms with Crippen LogP contribution in [0.5, 0.6) is 11.5 Å². The Balaban J connectivity index is 1.77. The van der Waals surface area contributed by atoms with Gasteiger partial charge in [0, 0.05) is 37.0 Å². The first-order valence-corrected chi connectivity index (χ1v) is 12.4. The lowest BCUT2D eigenvalue weighted by molar-refractivity contribution is 0.0697. The Morgan fingerprint density at radius 1 is 1.06 bits per heavy atom. The lowest BCUT2D eigenvalue weighted by atomic mass is 9.98. The molecule has 2 heterocycles. The maximum atomic E-state index is 13.0. The second-order valence-electron chi connectivity index (χ2n) is 9.65.